The number of aromatic nitrogens is 5. The molecule has 0 radical (unpaired) electrons. The summed E-state index contributed by atoms with van der Waals surface area (Å²) in [5.74, 6) is -1.75. The third kappa shape index (κ3) is 3.86. The first-order valence-electron chi connectivity index (χ1n) is 5.66. The number of hydrogen-bond acceptors (Lipinski definition) is 6. The first-order chi connectivity index (χ1) is 9.94. The topological polar surface area (TPSA) is 163 Å². The van der Waals surface area contributed by atoms with Gasteiger partial charge in [0.15, 0.2) is 0 Å². The van der Waals surface area contributed by atoms with Gasteiger partial charge in [-0.15, -0.1) is 5.10 Å². The van der Waals surface area contributed by atoms with Gasteiger partial charge in [0.1, 0.15) is 17.9 Å². The number of rotatable bonds is 5. The Morgan fingerprint density at radius 2 is 2.10 bits per heavy atom. The fourth-order valence-corrected chi connectivity index (χ4v) is 1.49. The molecular weight excluding hydrogens is 284 g/mol. The minimum Gasteiger partial charge on any atom is -0.480 e. The number of nitrogens with one attached hydrogen (secondary N) is 3. The van der Waals surface area contributed by atoms with E-state index >= 15 is 0 Å². The minimum atomic E-state index is -1.07. The molecule has 0 saturated carbocycles. The smallest absolute Gasteiger partial charge is 0.326 e. The molecule has 0 aliphatic heterocycles. The van der Waals surface area contributed by atoms with E-state index in [2.05, 4.69) is 20.6 Å². The molecule has 0 spiro atoms. The Labute approximate surface area is 115 Å². The van der Waals surface area contributed by atoms with Gasteiger partial charge in [0, 0.05) is 6.07 Å². The molecule has 0 bridgehead atoms. The highest BCUT2D eigenvalue weighted by Gasteiger charge is 2.09. The summed E-state index contributed by atoms with van der Waals surface area (Å²) in [6.45, 7) is -0.379. The van der Waals surface area contributed by atoms with E-state index in [1.807, 2.05) is 4.98 Å². The van der Waals surface area contributed by atoms with Crippen LogP contribution in [0.25, 0.3) is 0 Å². The number of amides is 1. The van der Waals surface area contributed by atoms with Crippen LogP contribution in [0.1, 0.15) is 16.2 Å². The third-order valence-electron chi connectivity index (χ3n) is 2.32. The van der Waals surface area contributed by atoms with Crippen LogP contribution in [0.15, 0.2) is 21.9 Å². The summed E-state index contributed by atoms with van der Waals surface area (Å²) in [6, 6.07) is 0.942. The van der Waals surface area contributed by atoms with E-state index in [4.69, 9.17) is 5.11 Å². The molecule has 0 unspecified atom stereocenters. The van der Waals surface area contributed by atoms with Crippen LogP contribution in [0, 0.1) is 0 Å². The van der Waals surface area contributed by atoms with Gasteiger partial charge in [0.05, 0.1) is 12.7 Å². The quantitative estimate of drug-likeness (QED) is 0.480. The summed E-state index contributed by atoms with van der Waals surface area (Å²) in [6.07, 6.45) is 1.36. The van der Waals surface area contributed by atoms with Gasteiger partial charge in [-0.3, -0.25) is 19.4 Å². The van der Waals surface area contributed by atoms with Crippen molar-refractivity contribution in [2.24, 2.45) is 0 Å². The molecule has 11 heteroatoms. The number of hydrogen-bond donors (Lipinski definition) is 4. The molecule has 4 N–H and O–H groups in total. The number of carbonyl (C=O) groups is 2. The SMILES string of the molecule is O=C(O)Cn1cc(CNC(=O)c2cc(=O)[nH]c(=O)[nH]2)nn1. The van der Waals surface area contributed by atoms with E-state index in [0.717, 1.165) is 10.7 Å². The van der Waals surface area contributed by atoms with Gasteiger partial charge in [-0.1, -0.05) is 5.21 Å². The van der Waals surface area contributed by atoms with Crippen molar-refractivity contribution in [2.45, 2.75) is 13.1 Å². The molecule has 2 heterocycles. The summed E-state index contributed by atoms with van der Waals surface area (Å²) in [5.41, 5.74) is -1.35. The number of carboxylic acids is 1. The van der Waals surface area contributed by atoms with E-state index < -0.39 is 23.1 Å². The molecule has 0 fully saturated rings. The maximum Gasteiger partial charge on any atom is 0.326 e. The Bertz CT molecular complexity index is 759. The average molecular weight is 294 g/mol. The largest absolute Gasteiger partial charge is 0.480 e. The van der Waals surface area contributed by atoms with Crippen LogP contribution in [0.4, 0.5) is 0 Å². The fraction of sp³-hybridized carbons (Fsp3) is 0.200. The molecule has 110 valence electrons. The molecule has 0 atom stereocenters. The fourth-order valence-electron chi connectivity index (χ4n) is 1.49. The van der Waals surface area contributed by atoms with Crippen LogP contribution in [-0.4, -0.2) is 41.9 Å². The van der Waals surface area contributed by atoms with Crippen molar-refractivity contribution < 1.29 is 14.7 Å². The monoisotopic (exact) mass is 294 g/mol. The Morgan fingerprint density at radius 1 is 1.33 bits per heavy atom. The zero-order chi connectivity index (χ0) is 15.4. The third-order valence-corrected chi connectivity index (χ3v) is 2.32. The molecule has 2 aromatic heterocycles. The van der Waals surface area contributed by atoms with Gasteiger partial charge >= 0.3 is 11.7 Å². The zero-order valence-corrected chi connectivity index (χ0v) is 10.5. The van der Waals surface area contributed by atoms with Crippen molar-refractivity contribution in [3.8, 4) is 0 Å². The van der Waals surface area contributed by atoms with Crippen molar-refractivity contribution in [1.82, 2.24) is 30.3 Å². The number of aromatic amines is 2. The lowest BCUT2D eigenvalue weighted by molar-refractivity contribution is -0.137. The summed E-state index contributed by atoms with van der Waals surface area (Å²) in [4.78, 5) is 48.4. The summed E-state index contributed by atoms with van der Waals surface area (Å²) in [7, 11) is 0. The van der Waals surface area contributed by atoms with Crippen molar-refractivity contribution in [3.05, 3.63) is 44.5 Å². The van der Waals surface area contributed by atoms with Crippen molar-refractivity contribution >= 4 is 11.9 Å². The molecule has 0 aliphatic rings. The predicted octanol–water partition coefficient (Wildman–Crippen LogP) is -2.33. The van der Waals surface area contributed by atoms with E-state index in [-0.39, 0.29) is 18.8 Å². The second kappa shape index (κ2) is 5.81. The number of nitrogens with zero attached hydrogens (tertiary/aromatic N) is 3. The lowest BCUT2D eigenvalue weighted by atomic mass is 10.3. The zero-order valence-electron chi connectivity index (χ0n) is 10.5. The maximum absolute atomic E-state index is 11.7. The van der Waals surface area contributed by atoms with Crippen LogP contribution in [0.3, 0.4) is 0 Å². The lowest BCUT2D eigenvalue weighted by Crippen LogP contribution is -2.30. The highest BCUT2D eigenvalue weighted by molar-refractivity contribution is 5.91. The highest BCUT2D eigenvalue weighted by atomic mass is 16.4. The van der Waals surface area contributed by atoms with Crippen LogP contribution >= 0.6 is 0 Å². The Hall–Kier alpha value is -3.24. The molecular formula is C10H10N6O5. The molecule has 21 heavy (non-hydrogen) atoms. The van der Waals surface area contributed by atoms with Crippen molar-refractivity contribution in [2.75, 3.05) is 0 Å². The number of aliphatic carboxylic acids is 1. The molecule has 11 nitrogen and oxygen atoms in total. The standard InChI is InChI=1S/C10H10N6O5/c17-7-1-6(12-10(21)13-7)9(20)11-2-5-3-16(15-14-5)4-8(18)19/h1,3H,2,4H2,(H,11,20)(H,18,19)(H2,12,13,17,21). The van der Waals surface area contributed by atoms with Gasteiger partial charge in [0.25, 0.3) is 11.5 Å². The number of carbonyl (C=O) groups excluding carboxylic acids is 1. The second-order valence-corrected chi connectivity index (χ2v) is 3.99. The van der Waals surface area contributed by atoms with Gasteiger partial charge in [0.2, 0.25) is 0 Å². The van der Waals surface area contributed by atoms with Crippen LogP contribution in [0.2, 0.25) is 0 Å². The molecule has 0 aromatic carbocycles. The van der Waals surface area contributed by atoms with E-state index in [1.165, 1.54) is 6.20 Å². The first kappa shape index (κ1) is 14.2. The van der Waals surface area contributed by atoms with E-state index in [0.29, 0.717) is 5.69 Å². The minimum absolute atomic E-state index is 0.0344. The van der Waals surface area contributed by atoms with Gasteiger partial charge in [-0.2, -0.15) is 0 Å². The van der Waals surface area contributed by atoms with Crippen LogP contribution < -0.4 is 16.6 Å². The van der Waals surface area contributed by atoms with Crippen molar-refractivity contribution in [1.29, 1.82) is 0 Å². The predicted molar refractivity (Wildman–Crippen MR) is 66.5 cm³/mol. The first-order valence-corrected chi connectivity index (χ1v) is 5.66. The summed E-state index contributed by atoms with van der Waals surface area (Å²) >= 11 is 0. The normalized spacial score (nSPS) is 10.3. The Balaban J connectivity index is 2.00. The average Bonchev–Trinajstić information content (AvgIpc) is 2.81. The van der Waals surface area contributed by atoms with E-state index in [9.17, 15) is 19.2 Å². The molecule has 2 aromatic rings. The molecule has 2 rings (SSSR count). The lowest BCUT2D eigenvalue weighted by Gasteiger charge is -2.01. The van der Waals surface area contributed by atoms with Gasteiger partial charge in [-0.25, -0.2) is 9.48 Å². The van der Waals surface area contributed by atoms with Crippen LogP contribution in [-0.2, 0) is 17.9 Å². The highest BCUT2D eigenvalue weighted by Crippen LogP contribution is 1.94. The molecule has 0 aliphatic carbocycles. The second-order valence-electron chi connectivity index (χ2n) is 3.99. The van der Waals surface area contributed by atoms with Gasteiger partial charge < -0.3 is 15.4 Å². The number of carboxylic acid groups (broad SMARTS) is 1. The Morgan fingerprint density at radius 3 is 2.76 bits per heavy atom. The molecule has 1 amide bonds. The van der Waals surface area contributed by atoms with Gasteiger partial charge in [-0.05, 0) is 0 Å². The Kier molecular flexibility index (Phi) is 3.92. The van der Waals surface area contributed by atoms with E-state index in [1.54, 1.807) is 0 Å². The van der Waals surface area contributed by atoms with Crippen molar-refractivity contribution in [3.63, 3.8) is 0 Å². The summed E-state index contributed by atoms with van der Waals surface area (Å²) in [5, 5.41) is 18.2. The van der Waals surface area contributed by atoms with Crippen LogP contribution in [0.5, 0.6) is 0 Å². The summed E-state index contributed by atoms with van der Waals surface area (Å²) < 4.78 is 1.10. The maximum atomic E-state index is 11.7. The number of H-pyrrole nitrogens is 2. The molecule has 0 saturated heterocycles.